The zero-order valence-corrected chi connectivity index (χ0v) is 19.5. The number of rotatable bonds is 6. The normalized spacial score (nSPS) is 15.9. The molecule has 9 heteroatoms. The van der Waals surface area contributed by atoms with Gasteiger partial charge in [-0.25, -0.2) is 8.42 Å². The molecule has 1 aromatic heterocycles. The zero-order chi connectivity index (χ0) is 22.0. The number of nitrogens with zero attached hydrogens (tertiary/aromatic N) is 2. The van der Waals surface area contributed by atoms with Crippen molar-refractivity contribution in [2.45, 2.75) is 0 Å². The summed E-state index contributed by atoms with van der Waals surface area (Å²) >= 11 is 3.40. The third kappa shape index (κ3) is 5.17. The molecule has 0 unspecified atom stereocenters. The van der Waals surface area contributed by atoms with Crippen molar-refractivity contribution >= 4 is 36.9 Å². The van der Waals surface area contributed by atoms with E-state index in [9.17, 15) is 13.2 Å². The number of halogens is 1. The van der Waals surface area contributed by atoms with E-state index in [0.717, 1.165) is 10.0 Å². The van der Waals surface area contributed by atoms with E-state index in [1.165, 1.54) is 16.8 Å². The van der Waals surface area contributed by atoms with E-state index in [1.54, 1.807) is 18.2 Å². The summed E-state index contributed by atoms with van der Waals surface area (Å²) in [6, 6.07) is 12.7. The van der Waals surface area contributed by atoms with E-state index in [0.29, 0.717) is 61.6 Å². The Morgan fingerprint density at radius 2 is 1.77 bits per heavy atom. The van der Waals surface area contributed by atoms with Crippen molar-refractivity contribution in [3.05, 3.63) is 63.4 Å². The number of piperazine rings is 1. The van der Waals surface area contributed by atoms with Crippen LogP contribution in [0.15, 0.2) is 62.4 Å². The highest BCUT2D eigenvalue weighted by Crippen LogP contribution is 2.24. The third-order valence-electron chi connectivity index (χ3n) is 5.38. The Kier molecular flexibility index (Phi) is 6.47. The van der Waals surface area contributed by atoms with Gasteiger partial charge in [-0.3, -0.25) is 9.69 Å². The van der Waals surface area contributed by atoms with E-state index in [2.05, 4.69) is 20.8 Å². The highest BCUT2D eigenvalue weighted by atomic mass is 79.9. The summed E-state index contributed by atoms with van der Waals surface area (Å²) in [7, 11) is -3.12. The van der Waals surface area contributed by atoms with Crippen molar-refractivity contribution in [1.29, 1.82) is 0 Å². The Labute approximate surface area is 189 Å². The first kappa shape index (κ1) is 22.0. The van der Waals surface area contributed by atoms with Gasteiger partial charge in [0, 0.05) is 43.3 Å². The van der Waals surface area contributed by atoms with Crippen LogP contribution in [-0.2, 0) is 10.0 Å². The molecule has 2 aromatic carbocycles. The molecule has 0 bridgehead atoms. The molecule has 1 saturated heterocycles. The maximum atomic E-state index is 12.9. The van der Waals surface area contributed by atoms with Gasteiger partial charge < -0.3 is 9.15 Å². The summed E-state index contributed by atoms with van der Waals surface area (Å²) in [6.45, 7) is 3.53. The van der Waals surface area contributed by atoms with Crippen LogP contribution in [0.3, 0.4) is 0 Å². The lowest BCUT2D eigenvalue weighted by atomic mass is 10.1. The Morgan fingerprint density at radius 1 is 1.06 bits per heavy atom. The number of hydrogen-bond donors (Lipinski definition) is 0. The molecule has 0 saturated carbocycles. The molecule has 1 fully saturated rings. The minimum Gasteiger partial charge on any atom is -0.492 e. The van der Waals surface area contributed by atoms with E-state index < -0.39 is 10.0 Å². The van der Waals surface area contributed by atoms with Gasteiger partial charge in [0.25, 0.3) is 0 Å². The number of sulfonamides is 1. The summed E-state index contributed by atoms with van der Waals surface area (Å²) in [6.07, 6.45) is 2.73. The first-order chi connectivity index (χ1) is 14.8. The van der Waals surface area contributed by atoms with E-state index >= 15 is 0 Å². The van der Waals surface area contributed by atoms with Gasteiger partial charge in [-0.1, -0.05) is 28.1 Å². The SMILES string of the molecule is CS(=O)(=O)N1CCN(CCOc2ccc3c(=O)c(-c4ccc(Br)cc4)coc3c2)CC1. The minimum absolute atomic E-state index is 0.0844. The van der Waals surface area contributed by atoms with Gasteiger partial charge in [-0.15, -0.1) is 0 Å². The van der Waals surface area contributed by atoms with Crippen LogP contribution in [0.2, 0.25) is 0 Å². The van der Waals surface area contributed by atoms with Crippen LogP contribution in [0.1, 0.15) is 0 Å². The first-order valence-electron chi connectivity index (χ1n) is 9.93. The topological polar surface area (TPSA) is 80.1 Å². The van der Waals surface area contributed by atoms with Crippen LogP contribution < -0.4 is 10.2 Å². The van der Waals surface area contributed by atoms with Gasteiger partial charge in [0.1, 0.15) is 24.2 Å². The van der Waals surface area contributed by atoms with Crippen molar-refractivity contribution in [2.75, 3.05) is 45.6 Å². The standard InChI is InChI=1S/C22H23BrN2O5S/c1-31(27,28)25-10-8-24(9-11-25)12-13-29-18-6-7-19-21(14-18)30-15-20(22(19)26)16-2-4-17(23)5-3-16/h2-7,14-15H,8-13H2,1H3. The molecule has 164 valence electrons. The second kappa shape index (κ2) is 9.12. The fraction of sp³-hybridized carbons (Fsp3) is 0.318. The molecule has 31 heavy (non-hydrogen) atoms. The number of fused-ring (bicyclic) bond motifs is 1. The quantitative estimate of drug-likeness (QED) is 0.510. The molecular weight excluding hydrogens is 484 g/mol. The van der Waals surface area contributed by atoms with Crippen molar-refractivity contribution in [3.63, 3.8) is 0 Å². The number of benzene rings is 2. The van der Waals surface area contributed by atoms with Gasteiger partial charge in [0.05, 0.1) is 17.2 Å². The Hall–Kier alpha value is -2.20. The molecule has 0 radical (unpaired) electrons. The lowest BCUT2D eigenvalue weighted by Gasteiger charge is -2.33. The summed E-state index contributed by atoms with van der Waals surface area (Å²) in [5, 5.41) is 0.504. The third-order valence-corrected chi connectivity index (χ3v) is 7.21. The Balaban J connectivity index is 1.39. The van der Waals surface area contributed by atoms with Gasteiger partial charge in [-0.2, -0.15) is 4.31 Å². The van der Waals surface area contributed by atoms with Crippen LogP contribution in [-0.4, -0.2) is 63.2 Å². The number of ether oxygens (including phenoxy) is 1. The molecule has 0 aliphatic carbocycles. The van der Waals surface area contributed by atoms with Crippen molar-refractivity contribution in [1.82, 2.24) is 9.21 Å². The Morgan fingerprint density at radius 3 is 2.45 bits per heavy atom. The van der Waals surface area contributed by atoms with Crippen LogP contribution >= 0.6 is 15.9 Å². The second-order valence-electron chi connectivity index (χ2n) is 7.50. The van der Waals surface area contributed by atoms with E-state index in [-0.39, 0.29) is 5.43 Å². The summed E-state index contributed by atoms with van der Waals surface area (Å²) in [5.41, 5.74) is 1.71. The summed E-state index contributed by atoms with van der Waals surface area (Å²) in [5.74, 6) is 0.627. The van der Waals surface area contributed by atoms with Crippen LogP contribution in [0, 0.1) is 0 Å². The molecule has 1 aliphatic rings. The van der Waals surface area contributed by atoms with Crippen molar-refractivity contribution in [2.24, 2.45) is 0 Å². The lowest BCUT2D eigenvalue weighted by Crippen LogP contribution is -2.49. The molecule has 0 N–H and O–H groups in total. The molecular formula is C22H23BrN2O5S. The molecule has 0 atom stereocenters. The first-order valence-corrected chi connectivity index (χ1v) is 12.6. The van der Waals surface area contributed by atoms with Gasteiger partial charge in [-0.05, 0) is 29.8 Å². The minimum atomic E-state index is -3.12. The van der Waals surface area contributed by atoms with Crippen molar-refractivity contribution < 1.29 is 17.6 Å². The predicted molar refractivity (Wildman–Crippen MR) is 124 cm³/mol. The summed E-state index contributed by atoms with van der Waals surface area (Å²) in [4.78, 5) is 15.1. The average molecular weight is 507 g/mol. The molecule has 1 aliphatic heterocycles. The van der Waals surface area contributed by atoms with Gasteiger partial charge in [0.15, 0.2) is 5.43 Å². The molecule has 0 spiro atoms. The number of hydrogen-bond acceptors (Lipinski definition) is 6. The largest absolute Gasteiger partial charge is 0.492 e. The van der Waals surface area contributed by atoms with Gasteiger partial charge >= 0.3 is 0 Å². The molecule has 2 heterocycles. The maximum Gasteiger partial charge on any atom is 0.211 e. The van der Waals surface area contributed by atoms with Crippen molar-refractivity contribution in [3.8, 4) is 16.9 Å². The summed E-state index contributed by atoms with van der Waals surface area (Å²) < 4.78 is 37.2. The Bertz CT molecular complexity index is 1230. The van der Waals surface area contributed by atoms with E-state index in [1.807, 2.05) is 24.3 Å². The molecule has 4 rings (SSSR count). The predicted octanol–water partition coefficient (Wildman–Crippen LogP) is 3.18. The maximum absolute atomic E-state index is 12.9. The van der Waals surface area contributed by atoms with Crippen LogP contribution in [0.4, 0.5) is 0 Å². The molecule has 0 amide bonds. The highest BCUT2D eigenvalue weighted by Gasteiger charge is 2.23. The second-order valence-corrected chi connectivity index (χ2v) is 10.4. The fourth-order valence-corrected chi connectivity index (χ4v) is 4.70. The van der Waals surface area contributed by atoms with Crippen LogP contribution in [0.25, 0.3) is 22.1 Å². The van der Waals surface area contributed by atoms with Gasteiger partial charge in [0.2, 0.25) is 10.0 Å². The molecule has 7 nitrogen and oxygen atoms in total. The smallest absolute Gasteiger partial charge is 0.211 e. The lowest BCUT2D eigenvalue weighted by molar-refractivity contribution is 0.159. The fourth-order valence-electron chi connectivity index (χ4n) is 3.60. The van der Waals surface area contributed by atoms with E-state index in [4.69, 9.17) is 9.15 Å². The monoisotopic (exact) mass is 506 g/mol. The highest BCUT2D eigenvalue weighted by molar-refractivity contribution is 9.10. The molecule has 3 aromatic rings. The zero-order valence-electron chi connectivity index (χ0n) is 17.1. The average Bonchev–Trinajstić information content (AvgIpc) is 2.75. The van der Waals surface area contributed by atoms with Crippen LogP contribution in [0.5, 0.6) is 5.75 Å².